The van der Waals surface area contributed by atoms with Gasteiger partial charge in [0.25, 0.3) is 0 Å². The molecule has 10 heteroatoms. The van der Waals surface area contributed by atoms with Crippen molar-refractivity contribution in [1.82, 2.24) is 20.2 Å². The second kappa shape index (κ2) is 5.46. The molecule has 0 atom stereocenters. The Morgan fingerprint density at radius 1 is 1.24 bits per heavy atom. The Morgan fingerprint density at radius 2 is 1.95 bits per heavy atom. The largest absolute Gasteiger partial charge is 0.497 e. The molecule has 0 saturated carbocycles. The van der Waals surface area contributed by atoms with E-state index in [0.717, 1.165) is 0 Å². The zero-order chi connectivity index (χ0) is 15.6. The predicted octanol–water partition coefficient (Wildman–Crippen LogP) is 1.50. The van der Waals surface area contributed by atoms with Crippen LogP contribution in [0.25, 0.3) is 11.4 Å². The first kappa shape index (κ1) is 14.9. The fraction of sp³-hybridized carbons (Fsp3) is 0.364. The van der Waals surface area contributed by atoms with Crippen molar-refractivity contribution < 1.29 is 22.6 Å². The Kier molecular flexibility index (Phi) is 3.87. The summed E-state index contributed by atoms with van der Waals surface area (Å²) in [5.41, 5.74) is 6.19. The molecular formula is C11H12F3N5O2. The Hall–Kier alpha value is -2.52. The summed E-state index contributed by atoms with van der Waals surface area (Å²) < 4.78 is 48.3. The van der Waals surface area contributed by atoms with Crippen LogP contribution < -0.4 is 15.2 Å². The van der Waals surface area contributed by atoms with E-state index in [4.69, 9.17) is 15.2 Å². The van der Waals surface area contributed by atoms with E-state index in [1.807, 2.05) is 0 Å². The molecule has 2 N–H and O–H groups in total. The number of alkyl halides is 3. The molecule has 0 aliphatic carbocycles. The molecule has 1 heterocycles. The summed E-state index contributed by atoms with van der Waals surface area (Å²) >= 11 is 0. The number of nitrogens with zero attached hydrogens (tertiary/aromatic N) is 4. The highest BCUT2D eigenvalue weighted by Gasteiger charge is 2.31. The van der Waals surface area contributed by atoms with Crippen molar-refractivity contribution in [3.05, 3.63) is 12.1 Å². The van der Waals surface area contributed by atoms with Crippen LogP contribution in [-0.4, -0.2) is 40.6 Å². The van der Waals surface area contributed by atoms with Gasteiger partial charge in [-0.25, -0.2) is 4.68 Å². The van der Waals surface area contributed by atoms with Crippen LogP contribution >= 0.6 is 0 Å². The van der Waals surface area contributed by atoms with E-state index in [1.54, 1.807) is 0 Å². The number of methoxy groups -OCH3 is 2. The fourth-order valence-electron chi connectivity index (χ4n) is 1.75. The molecule has 21 heavy (non-hydrogen) atoms. The van der Waals surface area contributed by atoms with Crippen LogP contribution in [0.5, 0.6) is 11.5 Å². The number of halogens is 3. The normalized spacial score (nSPS) is 11.5. The number of hydrogen-bond donors (Lipinski definition) is 1. The Labute approximate surface area is 117 Å². The van der Waals surface area contributed by atoms with Gasteiger partial charge >= 0.3 is 6.18 Å². The van der Waals surface area contributed by atoms with Crippen LogP contribution in [0.4, 0.5) is 18.9 Å². The standard InChI is InChI=1S/C11H12F3N5O2/c1-20-6-3-7(9(15)8(4-6)21-2)10-16-17-18-19(10)5-11(12,13)14/h3-4H,5,15H2,1-2H3. The zero-order valence-corrected chi connectivity index (χ0v) is 11.2. The van der Waals surface area contributed by atoms with E-state index < -0.39 is 12.7 Å². The van der Waals surface area contributed by atoms with Crippen molar-refractivity contribution in [3.8, 4) is 22.9 Å². The summed E-state index contributed by atoms with van der Waals surface area (Å²) in [5.74, 6) is 0.491. The number of rotatable bonds is 4. The van der Waals surface area contributed by atoms with E-state index >= 15 is 0 Å². The van der Waals surface area contributed by atoms with Gasteiger partial charge in [0.2, 0.25) is 0 Å². The first-order valence-corrected chi connectivity index (χ1v) is 5.70. The molecule has 0 amide bonds. The molecule has 0 spiro atoms. The number of aromatic nitrogens is 4. The third kappa shape index (κ3) is 3.15. The fourth-order valence-corrected chi connectivity index (χ4v) is 1.75. The SMILES string of the molecule is COc1cc(OC)c(N)c(-c2nnnn2CC(F)(F)F)c1. The first-order chi connectivity index (χ1) is 9.85. The highest BCUT2D eigenvalue weighted by atomic mass is 19.4. The maximum Gasteiger partial charge on any atom is 0.408 e. The number of hydrogen-bond acceptors (Lipinski definition) is 6. The predicted molar refractivity (Wildman–Crippen MR) is 66.8 cm³/mol. The number of nitrogen functional groups attached to an aromatic ring is 1. The van der Waals surface area contributed by atoms with Gasteiger partial charge in [-0.3, -0.25) is 0 Å². The molecule has 0 bridgehead atoms. The van der Waals surface area contributed by atoms with Crippen LogP contribution in [0.15, 0.2) is 12.1 Å². The van der Waals surface area contributed by atoms with E-state index in [1.165, 1.54) is 26.4 Å². The molecule has 0 saturated heterocycles. The number of ether oxygens (including phenoxy) is 2. The zero-order valence-electron chi connectivity index (χ0n) is 11.2. The molecule has 7 nitrogen and oxygen atoms in total. The molecule has 0 fully saturated rings. The van der Waals surface area contributed by atoms with Crippen LogP contribution in [0.3, 0.4) is 0 Å². The highest BCUT2D eigenvalue weighted by Crippen LogP contribution is 2.36. The van der Waals surface area contributed by atoms with Gasteiger partial charge in [0, 0.05) is 6.07 Å². The number of anilines is 1. The molecule has 2 aromatic rings. The summed E-state index contributed by atoms with van der Waals surface area (Å²) in [7, 11) is 2.79. The monoisotopic (exact) mass is 303 g/mol. The number of tetrazole rings is 1. The Balaban J connectivity index is 2.54. The number of benzene rings is 1. The topological polar surface area (TPSA) is 88.1 Å². The lowest BCUT2D eigenvalue weighted by atomic mass is 10.1. The lowest BCUT2D eigenvalue weighted by Gasteiger charge is -2.13. The molecular weight excluding hydrogens is 291 g/mol. The maximum atomic E-state index is 12.5. The van der Waals surface area contributed by atoms with Gasteiger partial charge in [-0.05, 0) is 16.5 Å². The first-order valence-electron chi connectivity index (χ1n) is 5.70. The van der Waals surface area contributed by atoms with Gasteiger partial charge in [0.1, 0.15) is 18.0 Å². The van der Waals surface area contributed by atoms with Crippen molar-refractivity contribution in [2.75, 3.05) is 20.0 Å². The molecule has 0 aliphatic rings. The van der Waals surface area contributed by atoms with E-state index in [2.05, 4.69) is 15.5 Å². The molecule has 0 radical (unpaired) electrons. The van der Waals surface area contributed by atoms with E-state index in [-0.39, 0.29) is 22.8 Å². The van der Waals surface area contributed by atoms with Gasteiger partial charge in [-0.1, -0.05) is 0 Å². The van der Waals surface area contributed by atoms with Crippen LogP contribution in [0, 0.1) is 0 Å². The maximum absolute atomic E-state index is 12.5. The smallest absolute Gasteiger partial charge is 0.408 e. The quantitative estimate of drug-likeness (QED) is 0.861. The summed E-state index contributed by atoms with van der Waals surface area (Å²) in [4.78, 5) is 0. The minimum atomic E-state index is -4.46. The third-order valence-corrected chi connectivity index (χ3v) is 2.67. The van der Waals surface area contributed by atoms with Gasteiger partial charge in [-0.15, -0.1) is 5.10 Å². The summed E-state index contributed by atoms with van der Waals surface area (Å²) in [6.45, 7) is -1.33. The Bertz CT molecular complexity index is 641. The van der Waals surface area contributed by atoms with Gasteiger partial charge in [0.15, 0.2) is 5.82 Å². The van der Waals surface area contributed by atoms with Crippen LogP contribution in [0.1, 0.15) is 0 Å². The molecule has 2 rings (SSSR count). The van der Waals surface area contributed by atoms with Gasteiger partial charge < -0.3 is 15.2 Å². The lowest BCUT2D eigenvalue weighted by Crippen LogP contribution is -2.19. The number of nitrogens with two attached hydrogens (primary N) is 1. The molecule has 0 aliphatic heterocycles. The van der Waals surface area contributed by atoms with Gasteiger partial charge in [0.05, 0.1) is 25.5 Å². The van der Waals surface area contributed by atoms with Crippen molar-refractivity contribution in [2.24, 2.45) is 0 Å². The van der Waals surface area contributed by atoms with Crippen molar-refractivity contribution in [1.29, 1.82) is 0 Å². The minimum Gasteiger partial charge on any atom is -0.497 e. The van der Waals surface area contributed by atoms with Crippen molar-refractivity contribution in [3.63, 3.8) is 0 Å². The van der Waals surface area contributed by atoms with Crippen molar-refractivity contribution >= 4 is 5.69 Å². The molecule has 1 aromatic heterocycles. The van der Waals surface area contributed by atoms with Crippen LogP contribution in [-0.2, 0) is 6.54 Å². The second-order valence-corrected chi connectivity index (χ2v) is 4.07. The minimum absolute atomic E-state index is 0.122. The molecule has 0 unspecified atom stereocenters. The van der Waals surface area contributed by atoms with Crippen LogP contribution in [0.2, 0.25) is 0 Å². The summed E-state index contributed by atoms with van der Waals surface area (Å²) in [6, 6.07) is 2.95. The third-order valence-electron chi connectivity index (χ3n) is 2.67. The average Bonchev–Trinajstić information content (AvgIpc) is 2.84. The van der Waals surface area contributed by atoms with E-state index in [0.29, 0.717) is 10.4 Å². The van der Waals surface area contributed by atoms with Gasteiger partial charge in [-0.2, -0.15) is 13.2 Å². The highest BCUT2D eigenvalue weighted by molar-refractivity contribution is 5.78. The van der Waals surface area contributed by atoms with Crippen molar-refractivity contribution in [2.45, 2.75) is 12.7 Å². The average molecular weight is 303 g/mol. The second-order valence-electron chi connectivity index (χ2n) is 4.07. The summed E-state index contributed by atoms with van der Waals surface area (Å²) in [5, 5.41) is 10.2. The molecule has 114 valence electrons. The Morgan fingerprint density at radius 3 is 2.52 bits per heavy atom. The van der Waals surface area contributed by atoms with E-state index in [9.17, 15) is 13.2 Å². The lowest BCUT2D eigenvalue weighted by molar-refractivity contribution is -0.142. The molecule has 1 aromatic carbocycles. The summed E-state index contributed by atoms with van der Waals surface area (Å²) in [6.07, 6.45) is -4.46.